The zero-order valence-corrected chi connectivity index (χ0v) is 11.6. The average Bonchev–Trinajstić information content (AvgIpc) is 2.20. The molecule has 3 nitrogen and oxygen atoms in total. The van der Waals surface area contributed by atoms with Crippen LogP contribution < -0.4 is 10.6 Å². The van der Waals surface area contributed by atoms with E-state index in [0.29, 0.717) is 16.0 Å². The Morgan fingerprint density at radius 2 is 2.33 bits per heavy atom. The van der Waals surface area contributed by atoms with Gasteiger partial charge in [0.2, 0.25) is 0 Å². The lowest BCUT2D eigenvalue weighted by Gasteiger charge is -2.11. The van der Waals surface area contributed by atoms with Gasteiger partial charge in [-0.05, 0) is 47.6 Å². The Morgan fingerprint density at radius 3 is 2.93 bits per heavy atom. The van der Waals surface area contributed by atoms with Gasteiger partial charge in [0, 0.05) is 17.2 Å². The van der Waals surface area contributed by atoms with Crippen molar-refractivity contribution < 1.29 is 0 Å². The SMILES string of the molecule is CCNC(=S)Nc1ncc(Br)c(C)c1Cl. The van der Waals surface area contributed by atoms with Crippen LogP contribution in [0.1, 0.15) is 12.5 Å². The Kier molecular flexibility index (Phi) is 4.76. The van der Waals surface area contributed by atoms with E-state index in [-0.39, 0.29) is 0 Å². The maximum atomic E-state index is 6.10. The Bertz CT molecular complexity index is 384. The molecule has 0 saturated carbocycles. The highest BCUT2D eigenvalue weighted by molar-refractivity contribution is 9.10. The third-order valence-electron chi connectivity index (χ3n) is 1.77. The number of rotatable bonds is 2. The molecule has 0 aromatic carbocycles. The van der Waals surface area contributed by atoms with E-state index < -0.39 is 0 Å². The van der Waals surface area contributed by atoms with Crippen LogP contribution in [0, 0.1) is 6.92 Å². The second-order valence-corrected chi connectivity index (χ2v) is 4.52. The highest BCUT2D eigenvalue weighted by Crippen LogP contribution is 2.28. The minimum atomic E-state index is 0.522. The molecule has 0 aliphatic heterocycles. The Balaban J connectivity index is 2.87. The highest BCUT2D eigenvalue weighted by Gasteiger charge is 2.08. The number of anilines is 1. The first-order chi connectivity index (χ1) is 7.06. The quantitative estimate of drug-likeness (QED) is 0.823. The van der Waals surface area contributed by atoms with Crippen molar-refractivity contribution in [2.75, 3.05) is 11.9 Å². The molecule has 0 saturated heterocycles. The van der Waals surface area contributed by atoms with Crippen LogP contribution in [0.25, 0.3) is 0 Å². The second-order valence-electron chi connectivity index (χ2n) is 2.88. The summed E-state index contributed by atoms with van der Waals surface area (Å²) in [5.41, 5.74) is 0.938. The standard InChI is InChI=1S/C9H11BrClN3S/c1-3-12-9(15)14-8-7(11)5(2)6(10)4-13-8/h4H,3H2,1-2H3,(H2,12,13,14,15). The van der Waals surface area contributed by atoms with E-state index in [4.69, 9.17) is 23.8 Å². The molecular weight excluding hydrogens is 298 g/mol. The summed E-state index contributed by atoms with van der Waals surface area (Å²) < 4.78 is 0.882. The predicted octanol–water partition coefficient (Wildman–Crippen LogP) is 3.11. The van der Waals surface area contributed by atoms with Gasteiger partial charge >= 0.3 is 0 Å². The van der Waals surface area contributed by atoms with Crippen LogP contribution >= 0.6 is 39.7 Å². The van der Waals surface area contributed by atoms with Crippen molar-refractivity contribution in [1.82, 2.24) is 10.3 Å². The van der Waals surface area contributed by atoms with Crippen LogP contribution in [0.4, 0.5) is 5.82 Å². The summed E-state index contributed by atoms with van der Waals surface area (Å²) in [6.45, 7) is 4.64. The number of pyridine rings is 1. The molecule has 15 heavy (non-hydrogen) atoms. The molecule has 1 heterocycles. The molecule has 0 amide bonds. The second kappa shape index (κ2) is 5.63. The smallest absolute Gasteiger partial charge is 0.171 e. The number of nitrogens with zero attached hydrogens (tertiary/aromatic N) is 1. The fraction of sp³-hybridized carbons (Fsp3) is 0.333. The van der Waals surface area contributed by atoms with E-state index >= 15 is 0 Å². The number of nitrogens with one attached hydrogen (secondary N) is 2. The largest absolute Gasteiger partial charge is 0.363 e. The predicted molar refractivity (Wildman–Crippen MR) is 71.6 cm³/mol. The molecule has 0 aliphatic rings. The van der Waals surface area contributed by atoms with E-state index in [1.807, 2.05) is 13.8 Å². The van der Waals surface area contributed by atoms with E-state index in [2.05, 4.69) is 31.5 Å². The number of hydrogen-bond donors (Lipinski definition) is 2. The fourth-order valence-electron chi connectivity index (χ4n) is 0.957. The van der Waals surface area contributed by atoms with Crippen LogP contribution in [0.15, 0.2) is 10.7 Å². The summed E-state index contributed by atoms with van der Waals surface area (Å²) in [4.78, 5) is 4.14. The number of aromatic nitrogens is 1. The normalized spacial score (nSPS) is 9.87. The maximum Gasteiger partial charge on any atom is 0.171 e. The fourth-order valence-corrected chi connectivity index (χ4v) is 1.81. The summed E-state index contributed by atoms with van der Waals surface area (Å²) in [5.74, 6) is 0.573. The summed E-state index contributed by atoms with van der Waals surface area (Å²) in [6.07, 6.45) is 1.69. The van der Waals surface area contributed by atoms with E-state index in [9.17, 15) is 0 Å². The van der Waals surface area contributed by atoms with Gasteiger partial charge in [-0.15, -0.1) is 0 Å². The van der Waals surface area contributed by atoms with Gasteiger partial charge in [-0.1, -0.05) is 11.6 Å². The van der Waals surface area contributed by atoms with Gasteiger partial charge in [0.1, 0.15) is 0 Å². The lowest BCUT2D eigenvalue weighted by atomic mass is 10.3. The molecule has 1 aromatic rings. The topological polar surface area (TPSA) is 37.0 Å². The first-order valence-corrected chi connectivity index (χ1v) is 5.99. The number of halogens is 2. The van der Waals surface area contributed by atoms with Crippen molar-refractivity contribution >= 4 is 50.7 Å². The molecule has 1 rings (SSSR count). The van der Waals surface area contributed by atoms with E-state index in [0.717, 1.165) is 16.6 Å². The van der Waals surface area contributed by atoms with Gasteiger partial charge in [0.25, 0.3) is 0 Å². The van der Waals surface area contributed by atoms with Crippen molar-refractivity contribution in [3.05, 3.63) is 21.3 Å². The van der Waals surface area contributed by atoms with E-state index in [1.54, 1.807) is 6.20 Å². The van der Waals surface area contributed by atoms with Crippen LogP contribution in [0.5, 0.6) is 0 Å². The van der Waals surface area contributed by atoms with Gasteiger partial charge in [-0.3, -0.25) is 0 Å². The molecule has 6 heteroatoms. The van der Waals surface area contributed by atoms with Crippen LogP contribution in [-0.2, 0) is 0 Å². The van der Waals surface area contributed by atoms with Crippen molar-refractivity contribution in [3.63, 3.8) is 0 Å². The van der Waals surface area contributed by atoms with E-state index in [1.165, 1.54) is 0 Å². The first-order valence-electron chi connectivity index (χ1n) is 4.41. The molecule has 0 bridgehead atoms. The maximum absolute atomic E-state index is 6.10. The van der Waals surface area contributed by atoms with Crippen molar-refractivity contribution in [1.29, 1.82) is 0 Å². The van der Waals surface area contributed by atoms with Crippen LogP contribution in [-0.4, -0.2) is 16.6 Å². The van der Waals surface area contributed by atoms with Gasteiger partial charge in [-0.25, -0.2) is 4.98 Å². The molecular formula is C9H11BrClN3S. The number of hydrogen-bond acceptors (Lipinski definition) is 2. The molecule has 0 radical (unpaired) electrons. The van der Waals surface area contributed by atoms with Crippen molar-refractivity contribution in [3.8, 4) is 0 Å². The zero-order chi connectivity index (χ0) is 11.4. The molecule has 0 fully saturated rings. The molecule has 0 atom stereocenters. The summed E-state index contributed by atoms with van der Waals surface area (Å²) in [5, 5.41) is 7.00. The minimum absolute atomic E-state index is 0.522. The third-order valence-corrected chi connectivity index (χ3v) is 3.28. The van der Waals surface area contributed by atoms with Crippen LogP contribution in [0.3, 0.4) is 0 Å². The highest BCUT2D eigenvalue weighted by atomic mass is 79.9. The Labute approximate surface area is 108 Å². The molecule has 82 valence electrons. The molecule has 0 spiro atoms. The zero-order valence-electron chi connectivity index (χ0n) is 8.40. The summed E-state index contributed by atoms with van der Waals surface area (Å²) in [6, 6.07) is 0. The van der Waals surface area contributed by atoms with Crippen LogP contribution in [0.2, 0.25) is 5.02 Å². The summed E-state index contributed by atoms with van der Waals surface area (Å²) in [7, 11) is 0. The van der Waals surface area contributed by atoms with Gasteiger partial charge in [0.05, 0.1) is 5.02 Å². The van der Waals surface area contributed by atoms with Crippen molar-refractivity contribution in [2.24, 2.45) is 0 Å². The molecule has 0 aliphatic carbocycles. The van der Waals surface area contributed by atoms with Gasteiger partial charge in [0.15, 0.2) is 10.9 Å². The third kappa shape index (κ3) is 3.29. The average molecular weight is 309 g/mol. The molecule has 1 aromatic heterocycles. The number of thiocarbonyl (C=S) groups is 1. The molecule has 2 N–H and O–H groups in total. The Morgan fingerprint density at radius 1 is 1.67 bits per heavy atom. The van der Waals surface area contributed by atoms with Gasteiger partial charge < -0.3 is 10.6 Å². The van der Waals surface area contributed by atoms with Gasteiger partial charge in [-0.2, -0.15) is 0 Å². The minimum Gasteiger partial charge on any atom is -0.363 e. The summed E-state index contributed by atoms with van der Waals surface area (Å²) >= 11 is 14.5. The van der Waals surface area contributed by atoms with Crippen molar-refractivity contribution in [2.45, 2.75) is 13.8 Å². The monoisotopic (exact) mass is 307 g/mol. The molecule has 0 unspecified atom stereocenters. The lowest BCUT2D eigenvalue weighted by molar-refractivity contribution is 0.978. The lowest BCUT2D eigenvalue weighted by Crippen LogP contribution is -2.28. The Hall–Kier alpha value is -0.390. The first kappa shape index (κ1) is 12.7.